The lowest BCUT2D eigenvalue weighted by Crippen LogP contribution is -2.36. The van der Waals surface area contributed by atoms with Gasteiger partial charge in [-0.2, -0.15) is 9.29 Å². The molecule has 2 rings (SSSR count). The molecule has 0 bridgehead atoms. The molecule has 8 atom stereocenters. The number of aliphatic hydroxyl groups excluding tert-OH is 3. The fourth-order valence-electron chi connectivity index (χ4n) is 7.32. The average molecular weight is 1110 g/mol. The molecule has 0 aromatic carbocycles. The van der Waals surface area contributed by atoms with Gasteiger partial charge in [-0.1, -0.05) is 156 Å². The van der Waals surface area contributed by atoms with E-state index in [0.717, 1.165) is 81.4 Å². The first-order valence-electron chi connectivity index (χ1n) is 26.9. The first kappa shape index (κ1) is 67.7. The zero-order valence-electron chi connectivity index (χ0n) is 44.6. The number of carbonyl (C=O) groups is 2. The molecule has 1 aromatic heterocycles. The molecule has 21 heteroatoms. The summed E-state index contributed by atoms with van der Waals surface area (Å²) >= 11 is 0. The SMILES string of the molecule is CC/C=C\C/C=C\CC(O)/C=C/C=C\C/C=C\CCCC(=O)OC[C@H](COP(=O)(O)OP(=O)(O)OC[C@H]1O[C@@H](n2ccc(N)nc2=O)[C@H](O)[C@@H]1O)OC(=O)CCCCCCCC/C=C\C/C=C\C/C=C\CCCCCC. The van der Waals surface area contributed by atoms with Crippen LogP contribution >= 0.6 is 15.6 Å². The van der Waals surface area contributed by atoms with Crippen molar-refractivity contribution in [1.82, 2.24) is 9.55 Å². The van der Waals surface area contributed by atoms with E-state index in [0.29, 0.717) is 32.1 Å². The number of nitrogens with two attached hydrogens (primary N) is 1. The number of phosphoric ester groups is 2. The van der Waals surface area contributed by atoms with Gasteiger partial charge in [-0.25, -0.2) is 13.9 Å². The number of unbranched alkanes of at least 4 members (excludes halogenated alkanes) is 11. The van der Waals surface area contributed by atoms with Gasteiger partial charge in [0.2, 0.25) is 0 Å². The Bertz CT molecular complexity index is 2170. The number of phosphoric acid groups is 2. The molecule has 1 aliphatic rings. The molecule has 1 fully saturated rings. The summed E-state index contributed by atoms with van der Waals surface area (Å²) in [6.07, 6.45) is 43.7. The molecule has 0 amide bonds. The molecular formula is C55H87N3O16P2. The predicted octanol–water partition coefficient (Wildman–Crippen LogP) is 10.6. The first-order valence-corrected chi connectivity index (χ1v) is 29.8. The van der Waals surface area contributed by atoms with E-state index in [2.05, 4.69) is 71.8 Å². The normalized spacial score (nSPS) is 19.9. The Kier molecular flexibility index (Phi) is 37.2. The number of aliphatic hydroxyl groups is 3. The van der Waals surface area contributed by atoms with Gasteiger partial charge in [-0.3, -0.25) is 23.2 Å². The van der Waals surface area contributed by atoms with Gasteiger partial charge in [0, 0.05) is 19.0 Å². The van der Waals surface area contributed by atoms with Crippen molar-refractivity contribution < 1.29 is 71.4 Å². The molecule has 0 aliphatic carbocycles. The van der Waals surface area contributed by atoms with Gasteiger partial charge in [-0.15, -0.1) is 0 Å². The molecule has 2 heterocycles. The average Bonchev–Trinajstić information content (AvgIpc) is 3.66. The van der Waals surface area contributed by atoms with Gasteiger partial charge in [0.05, 0.1) is 19.3 Å². The molecule has 0 radical (unpaired) electrons. The van der Waals surface area contributed by atoms with E-state index in [4.69, 9.17) is 29.0 Å². The van der Waals surface area contributed by atoms with E-state index >= 15 is 0 Å². The minimum absolute atomic E-state index is 0.00529. The summed E-state index contributed by atoms with van der Waals surface area (Å²) in [5.41, 5.74) is 4.58. The maximum atomic E-state index is 12.9. The van der Waals surface area contributed by atoms with Gasteiger partial charge < -0.3 is 45.1 Å². The van der Waals surface area contributed by atoms with Crippen molar-refractivity contribution in [3.63, 3.8) is 0 Å². The van der Waals surface area contributed by atoms with Crippen LogP contribution in [0.3, 0.4) is 0 Å². The number of ether oxygens (including phenoxy) is 3. The lowest BCUT2D eigenvalue weighted by molar-refractivity contribution is -0.161. The van der Waals surface area contributed by atoms with Crippen molar-refractivity contribution in [3.05, 3.63) is 120 Å². The van der Waals surface area contributed by atoms with E-state index < -0.39 is 89.8 Å². The number of nitrogen functional groups attached to an aromatic ring is 1. The Morgan fingerprint density at radius 3 is 1.93 bits per heavy atom. The van der Waals surface area contributed by atoms with E-state index in [1.165, 1.54) is 31.7 Å². The van der Waals surface area contributed by atoms with Crippen LogP contribution in [0.2, 0.25) is 0 Å². The number of allylic oxidation sites excluding steroid dienone is 14. The summed E-state index contributed by atoms with van der Waals surface area (Å²) in [4.78, 5) is 62.0. The molecule has 19 nitrogen and oxygen atoms in total. The van der Waals surface area contributed by atoms with Crippen LogP contribution in [-0.4, -0.2) is 96.9 Å². The van der Waals surface area contributed by atoms with Crippen molar-refractivity contribution in [2.75, 3.05) is 25.6 Å². The predicted molar refractivity (Wildman–Crippen MR) is 294 cm³/mol. The minimum Gasteiger partial charge on any atom is -0.462 e. The first-order chi connectivity index (χ1) is 36.6. The van der Waals surface area contributed by atoms with E-state index in [9.17, 15) is 48.6 Å². The molecule has 0 spiro atoms. The monoisotopic (exact) mass is 1110 g/mol. The second-order valence-electron chi connectivity index (χ2n) is 18.2. The number of carbonyl (C=O) groups excluding carboxylic acids is 2. The third kappa shape index (κ3) is 33.7. The third-order valence-electron chi connectivity index (χ3n) is 11.5. The van der Waals surface area contributed by atoms with Gasteiger partial charge in [0.1, 0.15) is 30.7 Å². The second kappa shape index (κ2) is 41.7. The van der Waals surface area contributed by atoms with Crippen LogP contribution in [0, 0.1) is 0 Å². The number of anilines is 1. The number of hydrogen-bond acceptors (Lipinski definition) is 16. The van der Waals surface area contributed by atoms with Crippen LogP contribution in [0.5, 0.6) is 0 Å². The molecule has 1 aliphatic heterocycles. The topological polar surface area (TPSA) is 286 Å². The second-order valence-corrected chi connectivity index (χ2v) is 21.2. The largest absolute Gasteiger partial charge is 0.481 e. The molecular weight excluding hydrogens is 1020 g/mol. The zero-order valence-corrected chi connectivity index (χ0v) is 46.4. The number of esters is 2. The highest BCUT2D eigenvalue weighted by atomic mass is 31.3. The van der Waals surface area contributed by atoms with Crippen LogP contribution in [-0.2, 0) is 46.3 Å². The van der Waals surface area contributed by atoms with Crippen LogP contribution in [0.25, 0.3) is 0 Å². The lowest BCUT2D eigenvalue weighted by atomic mass is 10.1. The summed E-state index contributed by atoms with van der Waals surface area (Å²) in [6.45, 7) is 1.87. The van der Waals surface area contributed by atoms with E-state index in [1.54, 1.807) is 12.2 Å². The van der Waals surface area contributed by atoms with Gasteiger partial charge in [0.15, 0.2) is 12.3 Å². The quantitative estimate of drug-likeness (QED) is 0.0116. The molecule has 76 heavy (non-hydrogen) atoms. The Labute approximate surface area is 450 Å². The fourth-order valence-corrected chi connectivity index (χ4v) is 9.43. The summed E-state index contributed by atoms with van der Waals surface area (Å²) < 4.78 is 56.8. The molecule has 1 saturated heterocycles. The van der Waals surface area contributed by atoms with Crippen LogP contribution in [0.4, 0.5) is 5.82 Å². The Morgan fingerprint density at radius 1 is 0.711 bits per heavy atom. The number of rotatable bonds is 43. The van der Waals surface area contributed by atoms with Crippen molar-refractivity contribution >= 4 is 33.4 Å². The molecule has 7 N–H and O–H groups in total. The highest BCUT2D eigenvalue weighted by Crippen LogP contribution is 2.60. The third-order valence-corrected chi connectivity index (χ3v) is 14.1. The van der Waals surface area contributed by atoms with Crippen molar-refractivity contribution in [1.29, 1.82) is 0 Å². The highest BCUT2D eigenvalue weighted by molar-refractivity contribution is 7.61. The Balaban J connectivity index is 1.83. The highest BCUT2D eigenvalue weighted by Gasteiger charge is 2.46. The van der Waals surface area contributed by atoms with E-state index in [1.807, 2.05) is 36.5 Å². The summed E-state index contributed by atoms with van der Waals surface area (Å²) in [5.74, 6) is -1.43. The van der Waals surface area contributed by atoms with Crippen LogP contribution in [0.1, 0.15) is 161 Å². The summed E-state index contributed by atoms with van der Waals surface area (Å²) in [6, 6.07) is 1.24. The zero-order chi connectivity index (χ0) is 55.7. The standard InChI is InChI=1S/C55H87N3O16P2/c1-3-5-7-9-11-12-13-14-15-16-17-18-19-20-21-22-23-28-32-36-40-51(61)72-47(43-69-50(60)39-35-31-27-25-24-26-30-34-38-46(59)37-33-29-10-8-6-4-2)44-70-75(65,66)74-76(67,68)71-45-48-52(62)53(63)54(73-48)58-42-41-49(56)57-55(58)64/h6,8,12-13,15-16,18-19,25-27,29-30,33-34,38,41-42,46-48,52-54,59,62-63H,3-5,7,9-11,14,17,20-24,28,31-32,35-37,39-40,43-45H2,1-2H3,(H,65,66)(H,67,68)(H2,56,57,64)/b8-6-,13-12-,16-15-,19-18-,27-25-,30-26-,33-29-,38-34+/t46?,47-,48-,52-,53-,54-/m1/s1. The fraction of sp³-hybridized carbons (Fsp3) is 0.600. The van der Waals surface area contributed by atoms with Crippen LogP contribution < -0.4 is 11.4 Å². The van der Waals surface area contributed by atoms with Crippen molar-refractivity contribution in [2.24, 2.45) is 0 Å². The van der Waals surface area contributed by atoms with E-state index in [-0.39, 0.29) is 18.7 Å². The van der Waals surface area contributed by atoms with Gasteiger partial charge >= 0.3 is 33.3 Å². The summed E-state index contributed by atoms with van der Waals surface area (Å²) in [5, 5.41) is 31.0. The number of aromatic nitrogens is 2. The van der Waals surface area contributed by atoms with Crippen LogP contribution in [0.15, 0.2) is 114 Å². The smallest absolute Gasteiger partial charge is 0.462 e. The molecule has 428 valence electrons. The maximum absolute atomic E-state index is 12.9. The molecule has 3 unspecified atom stereocenters. The molecule has 1 aromatic rings. The number of hydrogen-bond donors (Lipinski definition) is 6. The molecule has 0 saturated carbocycles. The summed E-state index contributed by atoms with van der Waals surface area (Å²) in [7, 11) is -10.9. The Hall–Kier alpha value is -4.36. The van der Waals surface area contributed by atoms with Gasteiger partial charge in [0.25, 0.3) is 0 Å². The van der Waals surface area contributed by atoms with Crippen molar-refractivity contribution in [2.45, 2.75) is 192 Å². The van der Waals surface area contributed by atoms with Gasteiger partial charge in [-0.05, 0) is 89.5 Å². The minimum atomic E-state index is -5.46. The maximum Gasteiger partial charge on any atom is 0.481 e. The van der Waals surface area contributed by atoms with Crippen molar-refractivity contribution in [3.8, 4) is 0 Å². The lowest BCUT2D eigenvalue weighted by Gasteiger charge is -2.21. The Morgan fingerprint density at radius 2 is 1.28 bits per heavy atom. The number of nitrogens with zero attached hydrogens (tertiary/aromatic N) is 2.